The molecular weight excluding hydrogens is 332 g/mol. The number of nitrogens with two attached hydrogens (primary N) is 1. The van der Waals surface area contributed by atoms with Crippen molar-refractivity contribution in [3.8, 4) is 11.5 Å². The van der Waals surface area contributed by atoms with Gasteiger partial charge >= 0.3 is 0 Å². The Morgan fingerprint density at radius 3 is 2.57 bits per heavy atom. The maximum atomic E-state index is 5.66. The zero-order valence-corrected chi connectivity index (χ0v) is 12.7. The number of anilines is 1. The molecule has 0 aliphatic heterocycles. The van der Waals surface area contributed by atoms with Gasteiger partial charge in [-0.2, -0.15) is 4.98 Å². The van der Waals surface area contributed by atoms with Crippen molar-refractivity contribution >= 4 is 21.6 Å². The molecular formula is C15H13BrN4O. The fourth-order valence-electron chi connectivity index (χ4n) is 1.90. The number of benzene rings is 1. The van der Waals surface area contributed by atoms with Crippen molar-refractivity contribution in [1.29, 1.82) is 0 Å². The Morgan fingerprint density at radius 2 is 1.86 bits per heavy atom. The minimum atomic E-state index is 0.509. The third-order valence-electron chi connectivity index (χ3n) is 3.03. The van der Waals surface area contributed by atoms with Gasteiger partial charge in [0.05, 0.1) is 0 Å². The first-order valence-electron chi connectivity index (χ1n) is 6.49. The van der Waals surface area contributed by atoms with Gasteiger partial charge in [-0.3, -0.25) is 4.98 Å². The Kier molecular flexibility index (Phi) is 3.96. The third-order valence-corrected chi connectivity index (χ3v) is 3.50. The molecule has 6 heteroatoms. The van der Waals surface area contributed by atoms with E-state index in [0.29, 0.717) is 23.8 Å². The van der Waals surface area contributed by atoms with Gasteiger partial charge in [0.25, 0.3) is 0 Å². The average molecular weight is 345 g/mol. The molecule has 0 fully saturated rings. The largest absolute Gasteiger partial charge is 0.399 e. The minimum absolute atomic E-state index is 0.509. The number of nitrogens with zero attached hydrogens (tertiary/aromatic N) is 3. The molecule has 2 heterocycles. The number of aryl methyl sites for hydroxylation is 2. The van der Waals surface area contributed by atoms with Crippen LogP contribution in [-0.4, -0.2) is 15.1 Å². The van der Waals surface area contributed by atoms with Crippen molar-refractivity contribution in [1.82, 2.24) is 15.1 Å². The Morgan fingerprint density at radius 1 is 1.05 bits per heavy atom. The first-order valence-corrected chi connectivity index (χ1v) is 7.29. The first kappa shape index (κ1) is 13.8. The molecule has 3 aromatic rings. The molecule has 0 spiro atoms. The monoisotopic (exact) mass is 344 g/mol. The lowest BCUT2D eigenvalue weighted by Crippen LogP contribution is -1.93. The van der Waals surface area contributed by atoms with E-state index in [1.807, 2.05) is 36.4 Å². The molecule has 5 nitrogen and oxygen atoms in total. The highest BCUT2D eigenvalue weighted by Crippen LogP contribution is 2.16. The van der Waals surface area contributed by atoms with Crippen LogP contribution in [0.15, 0.2) is 51.6 Å². The van der Waals surface area contributed by atoms with Crippen molar-refractivity contribution in [2.45, 2.75) is 12.8 Å². The van der Waals surface area contributed by atoms with Crippen molar-refractivity contribution < 1.29 is 4.52 Å². The van der Waals surface area contributed by atoms with Crippen LogP contribution in [0.5, 0.6) is 0 Å². The van der Waals surface area contributed by atoms with Gasteiger partial charge in [-0.15, -0.1) is 0 Å². The third kappa shape index (κ3) is 3.46. The lowest BCUT2D eigenvalue weighted by Gasteiger charge is -1.98. The summed E-state index contributed by atoms with van der Waals surface area (Å²) in [6.45, 7) is 0. The molecule has 0 radical (unpaired) electrons. The summed E-state index contributed by atoms with van der Waals surface area (Å²) in [5.74, 6) is 1.11. The van der Waals surface area contributed by atoms with Crippen LogP contribution in [0.2, 0.25) is 0 Å². The molecule has 3 rings (SSSR count). The second-order valence-corrected chi connectivity index (χ2v) is 5.53. The van der Waals surface area contributed by atoms with Gasteiger partial charge in [0.1, 0.15) is 5.69 Å². The lowest BCUT2D eigenvalue weighted by atomic mass is 10.1. The number of nitrogen functional groups attached to an aromatic ring is 1. The maximum absolute atomic E-state index is 5.66. The van der Waals surface area contributed by atoms with Crippen LogP contribution in [0, 0.1) is 0 Å². The van der Waals surface area contributed by atoms with Crippen molar-refractivity contribution in [2.75, 3.05) is 5.73 Å². The number of aromatic nitrogens is 3. The van der Waals surface area contributed by atoms with E-state index >= 15 is 0 Å². The molecule has 0 aliphatic rings. The van der Waals surface area contributed by atoms with Gasteiger partial charge in [-0.1, -0.05) is 17.3 Å². The van der Waals surface area contributed by atoms with E-state index in [1.54, 1.807) is 6.20 Å². The summed E-state index contributed by atoms with van der Waals surface area (Å²) in [6.07, 6.45) is 3.23. The molecule has 1 aromatic carbocycles. The molecule has 0 atom stereocenters. The number of pyridine rings is 1. The van der Waals surface area contributed by atoms with E-state index in [9.17, 15) is 0 Å². The Hall–Kier alpha value is -2.21. The van der Waals surface area contributed by atoms with E-state index in [0.717, 1.165) is 16.6 Å². The number of hydrogen-bond acceptors (Lipinski definition) is 5. The maximum Gasteiger partial charge on any atom is 0.227 e. The topological polar surface area (TPSA) is 77.8 Å². The second-order valence-electron chi connectivity index (χ2n) is 4.61. The average Bonchev–Trinajstić information content (AvgIpc) is 2.96. The lowest BCUT2D eigenvalue weighted by molar-refractivity contribution is 0.379. The standard InChI is InChI=1S/C15H13BrN4O/c16-11-4-7-13(18-9-11)15-19-14(21-20-15)8-3-10-1-5-12(17)6-2-10/h1-2,4-7,9H,3,8,17H2. The molecule has 0 unspecified atom stereocenters. The van der Waals surface area contributed by atoms with Crippen LogP contribution in [0.3, 0.4) is 0 Å². The smallest absolute Gasteiger partial charge is 0.227 e. The molecule has 0 bridgehead atoms. The van der Waals surface area contributed by atoms with Gasteiger partial charge < -0.3 is 10.3 Å². The van der Waals surface area contributed by atoms with Crippen LogP contribution in [-0.2, 0) is 12.8 Å². The van der Waals surface area contributed by atoms with Gasteiger partial charge in [-0.25, -0.2) is 0 Å². The fraction of sp³-hybridized carbons (Fsp3) is 0.133. The van der Waals surface area contributed by atoms with Gasteiger partial charge in [-0.05, 0) is 52.2 Å². The number of halogens is 1. The SMILES string of the molecule is Nc1ccc(CCc2nc(-c3ccc(Br)cn3)no2)cc1. The summed E-state index contributed by atoms with van der Waals surface area (Å²) in [4.78, 5) is 8.61. The zero-order chi connectivity index (χ0) is 14.7. The van der Waals surface area contributed by atoms with Crippen LogP contribution < -0.4 is 5.73 Å². The molecule has 21 heavy (non-hydrogen) atoms. The van der Waals surface area contributed by atoms with Crippen LogP contribution in [0.25, 0.3) is 11.5 Å². The molecule has 0 saturated carbocycles. The summed E-state index contributed by atoms with van der Waals surface area (Å²) >= 11 is 3.34. The second kappa shape index (κ2) is 6.05. The number of rotatable bonds is 4. The predicted octanol–water partition coefficient (Wildman–Crippen LogP) is 3.26. The quantitative estimate of drug-likeness (QED) is 0.735. The van der Waals surface area contributed by atoms with E-state index < -0.39 is 0 Å². The molecule has 0 saturated heterocycles. The van der Waals surface area contributed by atoms with Crippen LogP contribution in [0.4, 0.5) is 5.69 Å². The zero-order valence-electron chi connectivity index (χ0n) is 11.2. The molecule has 0 aliphatic carbocycles. The molecule has 2 N–H and O–H groups in total. The first-order chi connectivity index (χ1) is 10.2. The van der Waals surface area contributed by atoms with Gasteiger partial charge in [0, 0.05) is 22.8 Å². The van der Waals surface area contributed by atoms with E-state index in [1.165, 1.54) is 5.56 Å². The van der Waals surface area contributed by atoms with Crippen LogP contribution in [0.1, 0.15) is 11.5 Å². The van der Waals surface area contributed by atoms with E-state index in [4.69, 9.17) is 10.3 Å². The van der Waals surface area contributed by atoms with Crippen molar-refractivity contribution in [3.05, 3.63) is 58.5 Å². The minimum Gasteiger partial charge on any atom is -0.399 e. The Labute approximate surface area is 130 Å². The summed E-state index contributed by atoms with van der Waals surface area (Å²) in [5.41, 5.74) is 8.31. The van der Waals surface area contributed by atoms with E-state index in [2.05, 4.69) is 31.1 Å². The predicted molar refractivity (Wildman–Crippen MR) is 83.5 cm³/mol. The Balaban J connectivity index is 1.67. The van der Waals surface area contributed by atoms with Crippen LogP contribution >= 0.6 is 15.9 Å². The molecule has 0 amide bonds. The van der Waals surface area contributed by atoms with Crippen molar-refractivity contribution in [2.24, 2.45) is 0 Å². The highest BCUT2D eigenvalue weighted by atomic mass is 79.9. The Bertz CT molecular complexity index is 722. The fourth-order valence-corrected chi connectivity index (χ4v) is 2.14. The summed E-state index contributed by atoms with van der Waals surface area (Å²) in [6, 6.07) is 11.5. The van der Waals surface area contributed by atoms with E-state index in [-0.39, 0.29) is 0 Å². The van der Waals surface area contributed by atoms with Crippen molar-refractivity contribution in [3.63, 3.8) is 0 Å². The summed E-state index contributed by atoms with van der Waals surface area (Å²) in [7, 11) is 0. The highest BCUT2D eigenvalue weighted by molar-refractivity contribution is 9.10. The summed E-state index contributed by atoms with van der Waals surface area (Å²) < 4.78 is 6.17. The molecule has 2 aromatic heterocycles. The number of hydrogen-bond donors (Lipinski definition) is 1. The highest BCUT2D eigenvalue weighted by Gasteiger charge is 2.09. The van der Waals surface area contributed by atoms with Gasteiger partial charge in [0.15, 0.2) is 0 Å². The summed E-state index contributed by atoms with van der Waals surface area (Å²) in [5, 5.41) is 3.96. The van der Waals surface area contributed by atoms with Gasteiger partial charge in [0.2, 0.25) is 11.7 Å². The normalized spacial score (nSPS) is 10.7. The molecule has 106 valence electrons.